The molecule has 2 aliphatic rings. The summed E-state index contributed by atoms with van der Waals surface area (Å²) >= 11 is 0. The highest BCUT2D eigenvalue weighted by Gasteiger charge is 2.30. The lowest BCUT2D eigenvalue weighted by Gasteiger charge is -2.26. The highest BCUT2D eigenvalue weighted by Crippen LogP contribution is 2.23. The van der Waals surface area contributed by atoms with Gasteiger partial charge in [-0.25, -0.2) is 0 Å². The number of carbonyl (C=O) groups is 1. The average molecular weight is 333 g/mol. The van der Waals surface area contributed by atoms with Crippen LogP contribution in [0.3, 0.4) is 0 Å². The fraction of sp³-hybridized carbons (Fsp3) is 0.611. The van der Waals surface area contributed by atoms with Crippen molar-refractivity contribution in [1.82, 2.24) is 4.90 Å². The highest BCUT2D eigenvalue weighted by molar-refractivity contribution is 5.95. The molecule has 6 nitrogen and oxygen atoms in total. The summed E-state index contributed by atoms with van der Waals surface area (Å²) in [7, 11) is 0. The van der Waals surface area contributed by atoms with Gasteiger partial charge >= 0.3 is 0 Å². The third-order valence-corrected chi connectivity index (χ3v) is 4.73. The predicted octanol–water partition coefficient (Wildman–Crippen LogP) is 1.27. The number of nitrogens with two attached hydrogens (primary N) is 1. The summed E-state index contributed by atoms with van der Waals surface area (Å²) in [5.41, 5.74) is 8.73. The van der Waals surface area contributed by atoms with Crippen molar-refractivity contribution < 1.29 is 14.3 Å². The van der Waals surface area contributed by atoms with E-state index in [1.807, 2.05) is 6.92 Å². The van der Waals surface area contributed by atoms with Gasteiger partial charge in [0.25, 0.3) is 5.91 Å². The van der Waals surface area contributed by atoms with Crippen LogP contribution in [0.15, 0.2) is 18.2 Å². The van der Waals surface area contributed by atoms with Crippen LogP contribution in [-0.4, -0.2) is 55.9 Å². The lowest BCUT2D eigenvalue weighted by molar-refractivity contribution is -0.126. The molecule has 0 bridgehead atoms. The molecule has 0 aliphatic carbocycles. The van der Waals surface area contributed by atoms with E-state index in [4.69, 9.17) is 15.2 Å². The summed E-state index contributed by atoms with van der Waals surface area (Å²) in [6, 6.07) is 6.25. The van der Waals surface area contributed by atoms with Gasteiger partial charge in [0.1, 0.15) is 6.10 Å². The SMILES string of the molecule is Cc1ccc(CN2CCOCC2)cc1NC(=O)[C@@H]1CC[C@H](CN)O1. The molecule has 2 aliphatic heterocycles. The first-order chi connectivity index (χ1) is 11.7. The quantitative estimate of drug-likeness (QED) is 0.849. The second kappa shape index (κ2) is 8.07. The zero-order chi connectivity index (χ0) is 16.9. The fourth-order valence-electron chi connectivity index (χ4n) is 3.20. The molecular formula is C18H27N3O3. The number of morpholine rings is 1. The van der Waals surface area contributed by atoms with E-state index in [0.717, 1.165) is 56.9 Å². The zero-order valence-corrected chi connectivity index (χ0v) is 14.3. The maximum absolute atomic E-state index is 12.4. The number of amides is 1. The van der Waals surface area contributed by atoms with Gasteiger partial charge in [0.2, 0.25) is 0 Å². The maximum Gasteiger partial charge on any atom is 0.253 e. The minimum Gasteiger partial charge on any atom is -0.379 e. The molecule has 3 N–H and O–H groups in total. The van der Waals surface area contributed by atoms with E-state index in [-0.39, 0.29) is 18.1 Å². The molecule has 0 saturated carbocycles. The lowest BCUT2D eigenvalue weighted by atomic mass is 10.1. The number of hydrogen-bond donors (Lipinski definition) is 2. The van der Waals surface area contributed by atoms with Crippen LogP contribution in [0.4, 0.5) is 5.69 Å². The van der Waals surface area contributed by atoms with E-state index in [1.54, 1.807) is 0 Å². The molecular weight excluding hydrogens is 306 g/mol. The number of carbonyl (C=O) groups excluding carboxylic acids is 1. The number of benzene rings is 1. The molecule has 24 heavy (non-hydrogen) atoms. The third-order valence-electron chi connectivity index (χ3n) is 4.73. The minimum absolute atomic E-state index is 0.00880. The van der Waals surface area contributed by atoms with Crippen LogP contribution >= 0.6 is 0 Å². The molecule has 2 atom stereocenters. The summed E-state index contributed by atoms with van der Waals surface area (Å²) in [5, 5.41) is 3.03. The van der Waals surface area contributed by atoms with E-state index in [0.29, 0.717) is 6.54 Å². The van der Waals surface area contributed by atoms with Gasteiger partial charge in [-0.05, 0) is 37.0 Å². The minimum atomic E-state index is -0.388. The second-order valence-corrected chi connectivity index (χ2v) is 6.59. The van der Waals surface area contributed by atoms with Crippen LogP contribution in [0.25, 0.3) is 0 Å². The van der Waals surface area contributed by atoms with Crippen LogP contribution in [-0.2, 0) is 20.8 Å². The molecule has 1 aromatic rings. The molecule has 2 fully saturated rings. The average Bonchev–Trinajstić information content (AvgIpc) is 3.08. The Bertz CT molecular complexity index is 573. The van der Waals surface area contributed by atoms with Crippen molar-refractivity contribution in [2.24, 2.45) is 5.73 Å². The van der Waals surface area contributed by atoms with Gasteiger partial charge in [-0.1, -0.05) is 12.1 Å². The second-order valence-electron chi connectivity index (χ2n) is 6.59. The predicted molar refractivity (Wildman–Crippen MR) is 92.9 cm³/mol. The molecule has 0 spiro atoms. The largest absolute Gasteiger partial charge is 0.379 e. The van der Waals surface area contributed by atoms with Crippen molar-refractivity contribution in [2.75, 3.05) is 38.2 Å². The number of anilines is 1. The van der Waals surface area contributed by atoms with E-state index in [1.165, 1.54) is 5.56 Å². The normalized spacial score (nSPS) is 24.9. The van der Waals surface area contributed by atoms with E-state index in [9.17, 15) is 4.79 Å². The Morgan fingerprint density at radius 2 is 2.12 bits per heavy atom. The van der Waals surface area contributed by atoms with Crippen LogP contribution < -0.4 is 11.1 Å². The molecule has 0 aromatic heterocycles. The van der Waals surface area contributed by atoms with Gasteiger partial charge < -0.3 is 20.5 Å². The molecule has 132 valence electrons. The van der Waals surface area contributed by atoms with Gasteiger partial charge in [-0.2, -0.15) is 0 Å². The van der Waals surface area contributed by atoms with Crippen molar-refractivity contribution in [3.05, 3.63) is 29.3 Å². The first kappa shape index (κ1) is 17.4. The number of hydrogen-bond acceptors (Lipinski definition) is 5. The number of aryl methyl sites for hydroxylation is 1. The molecule has 2 saturated heterocycles. The highest BCUT2D eigenvalue weighted by atomic mass is 16.5. The molecule has 0 radical (unpaired) electrons. The Kier molecular flexibility index (Phi) is 5.84. The van der Waals surface area contributed by atoms with Gasteiger partial charge in [0.15, 0.2) is 0 Å². The van der Waals surface area contributed by atoms with Gasteiger partial charge in [-0.3, -0.25) is 9.69 Å². The van der Waals surface area contributed by atoms with E-state index in [2.05, 4.69) is 28.4 Å². The number of nitrogens with zero attached hydrogens (tertiary/aromatic N) is 1. The van der Waals surface area contributed by atoms with Crippen molar-refractivity contribution in [3.63, 3.8) is 0 Å². The monoisotopic (exact) mass is 333 g/mol. The van der Waals surface area contributed by atoms with Crippen molar-refractivity contribution in [2.45, 2.75) is 38.5 Å². The number of rotatable bonds is 5. The lowest BCUT2D eigenvalue weighted by Crippen LogP contribution is -2.35. The first-order valence-corrected chi connectivity index (χ1v) is 8.71. The molecule has 1 aromatic carbocycles. The van der Waals surface area contributed by atoms with Crippen molar-refractivity contribution >= 4 is 11.6 Å². The first-order valence-electron chi connectivity index (χ1n) is 8.71. The number of ether oxygens (including phenoxy) is 2. The van der Waals surface area contributed by atoms with Crippen LogP contribution in [0.1, 0.15) is 24.0 Å². The van der Waals surface area contributed by atoms with Gasteiger partial charge in [-0.15, -0.1) is 0 Å². The molecule has 3 rings (SSSR count). The smallest absolute Gasteiger partial charge is 0.253 e. The Balaban J connectivity index is 1.62. The molecule has 1 amide bonds. The topological polar surface area (TPSA) is 76.8 Å². The van der Waals surface area contributed by atoms with E-state index < -0.39 is 0 Å². The maximum atomic E-state index is 12.4. The number of nitrogens with one attached hydrogen (secondary N) is 1. The summed E-state index contributed by atoms with van der Waals surface area (Å²) < 4.78 is 11.1. The summed E-state index contributed by atoms with van der Waals surface area (Å²) in [4.78, 5) is 14.8. The van der Waals surface area contributed by atoms with Crippen molar-refractivity contribution in [1.29, 1.82) is 0 Å². The fourth-order valence-corrected chi connectivity index (χ4v) is 3.20. The van der Waals surface area contributed by atoms with Crippen LogP contribution in [0.2, 0.25) is 0 Å². The third kappa shape index (κ3) is 4.33. The van der Waals surface area contributed by atoms with E-state index >= 15 is 0 Å². The molecule has 6 heteroatoms. The summed E-state index contributed by atoms with van der Waals surface area (Å²) in [6.45, 7) is 6.83. The Morgan fingerprint density at radius 3 is 2.83 bits per heavy atom. The Hall–Kier alpha value is -1.47. The van der Waals surface area contributed by atoms with Crippen LogP contribution in [0, 0.1) is 6.92 Å². The van der Waals surface area contributed by atoms with Crippen LogP contribution in [0.5, 0.6) is 0 Å². The Morgan fingerprint density at radius 1 is 1.33 bits per heavy atom. The summed E-state index contributed by atoms with van der Waals surface area (Å²) in [6.07, 6.45) is 1.21. The van der Waals surface area contributed by atoms with Gasteiger partial charge in [0.05, 0.1) is 19.3 Å². The van der Waals surface area contributed by atoms with Gasteiger partial charge in [0, 0.05) is 31.9 Å². The van der Waals surface area contributed by atoms with Crippen molar-refractivity contribution in [3.8, 4) is 0 Å². The molecule has 2 heterocycles. The molecule has 0 unspecified atom stereocenters. The standard InChI is InChI=1S/C18H27N3O3/c1-13-2-3-14(12-21-6-8-23-9-7-21)10-16(13)20-18(22)17-5-4-15(11-19)24-17/h2-3,10,15,17H,4-9,11-12,19H2,1H3,(H,20,22)/t15-,17+/m1/s1. The Labute approximate surface area is 143 Å². The summed E-state index contributed by atoms with van der Waals surface area (Å²) in [5.74, 6) is -0.0717. The zero-order valence-electron chi connectivity index (χ0n) is 14.3.